The first-order chi connectivity index (χ1) is 8.52. The Morgan fingerprint density at radius 2 is 2.00 bits per heavy atom. The molecule has 0 aliphatic heterocycles. The van der Waals surface area contributed by atoms with Crippen molar-refractivity contribution in [2.75, 3.05) is 26.7 Å². The summed E-state index contributed by atoms with van der Waals surface area (Å²) < 4.78 is 0. The van der Waals surface area contributed by atoms with Crippen LogP contribution in [0, 0.1) is 5.92 Å². The van der Waals surface area contributed by atoms with Crippen LogP contribution in [-0.2, 0) is 0 Å². The molecule has 0 amide bonds. The molecule has 0 radical (unpaired) electrons. The molecule has 3 atom stereocenters. The molecule has 3 heteroatoms. The Morgan fingerprint density at radius 3 is 2.56 bits per heavy atom. The van der Waals surface area contributed by atoms with Gasteiger partial charge in [-0.05, 0) is 52.2 Å². The van der Waals surface area contributed by atoms with E-state index in [1.165, 1.54) is 25.7 Å². The van der Waals surface area contributed by atoms with Crippen LogP contribution in [0.4, 0.5) is 0 Å². The number of hydrogen-bond acceptors (Lipinski definition) is 3. The third-order valence-electron chi connectivity index (χ3n) is 4.60. The molecule has 1 aliphatic rings. The Kier molecular flexibility index (Phi) is 6.61. The van der Waals surface area contributed by atoms with Gasteiger partial charge in [-0.2, -0.15) is 0 Å². The van der Waals surface area contributed by atoms with Crippen molar-refractivity contribution in [3.63, 3.8) is 0 Å². The van der Waals surface area contributed by atoms with Gasteiger partial charge in [0.25, 0.3) is 0 Å². The zero-order chi connectivity index (χ0) is 13.6. The van der Waals surface area contributed by atoms with Crippen LogP contribution in [0.2, 0.25) is 0 Å². The molecule has 108 valence electrons. The average molecular weight is 256 g/mol. The second-order valence-corrected chi connectivity index (χ2v) is 6.31. The molecule has 0 aromatic heterocycles. The van der Waals surface area contributed by atoms with Crippen molar-refractivity contribution in [3.8, 4) is 0 Å². The van der Waals surface area contributed by atoms with Crippen molar-refractivity contribution in [1.82, 2.24) is 10.2 Å². The summed E-state index contributed by atoms with van der Waals surface area (Å²) in [4.78, 5) is 2.51. The molecule has 0 aromatic carbocycles. The van der Waals surface area contributed by atoms with E-state index in [1.54, 1.807) is 0 Å². The summed E-state index contributed by atoms with van der Waals surface area (Å²) in [5, 5.41) is 12.9. The third kappa shape index (κ3) is 4.52. The molecular weight excluding hydrogens is 224 g/mol. The van der Waals surface area contributed by atoms with Crippen LogP contribution < -0.4 is 5.32 Å². The highest BCUT2D eigenvalue weighted by molar-refractivity contribution is 4.85. The van der Waals surface area contributed by atoms with E-state index in [9.17, 15) is 5.11 Å². The van der Waals surface area contributed by atoms with E-state index < -0.39 is 0 Å². The van der Waals surface area contributed by atoms with Crippen LogP contribution in [0.3, 0.4) is 0 Å². The monoisotopic (exact) mass is 256 g/mol. The zero-order valence-electron chi connectivity index (χ0n) is 12.7. The molecule has 0 aromatic rings. The molecule has 1 fully saturated rings. The van der Waals surface area contributed by atoms with Crippen LogP contribution in [-0.4, -0.2) is 48.3 Å². The average Bonchev–Trinajstić information content (AvgIpc) is 2.37. The van der Waals surface area contributed by atoms with Crippen LogP contribution in [0.5, 0.6) is 0 Å². The summed E-state index contributed by atoms with van der Waals surface area (Å²) in [6.07, 6.45) is 6.51. The fourth-order valence-electron chi connectivity index (χ4n) is 3.19. The van der Waals surface area contributed by atoms with Crippen LogP contribution in [0.15, 0.2) is 0 Å². The van der Waals surface area contributed by atoms with Gasteiger partial charge in [0.15, 0.2) is 0 Å². The Bertz CT molecular complexity index is 235. The lowest BCUT2D eigenvalue weighted by Gasteiger charge is -2.38. The first kappa shape index (κ1) is 15.9. The summed E-state index contributed by atoms with van der Waals surface area (Å²) in [6.45, 7) is 8.81. The zero-order valence-corrected chi connectivity index (χ0v) is 12.7. The number of nitrogens with zero attached hydrogens (tertiary/aromatic N) is 1. The van der Waals surface area contributed by atoms with E-state index in [0.717, 1.165) is 31.5 Å². The van der Waals surface area contributed by atoms with Crippen LogP contribution in [0.1, 0.15) is 52.9 Å². The van der Waals surface area contributed by atoms with Crippen LogP contribution in [0.25, 0.3) is 0 Å². The number of rotatable bonds is 7. The highest BCUT2D eigenvalue weighted by atomic mass is 16.3. The second-order valence-electron chi connectivity index (χ2n) is 6.31. The molecule has 3 nitrogen and oxygen atoms in total. The maximum atomic E-state index is 9.51. The molecule has 0 saturated heterocycles. The second kappa shape index (κ2) is 7.46. The lowest BCUT2D eigenvalue weighted by molar-refractivity contribution is 0.108. The number of aliphatic hydroxyl groups excluding tert-OH is 1. The maximum absolute atomic E-state index is 9.51. The molecule has 0 spiro atoms. The molecule has 1 saturated carbocycles. The van der Waals surface area contributed by atoms with Crippen molar-refractivity contribution >= 4 is 0 Å². The maximum Gasteiger partial charge on any atom is 0.0611 e. The van der Waals surface area contributed by atoms with Gasteiger partial charge in [0.05, 0.1) is 6.61 Å². The number of aliphatic hydroxyl groups is 1. The van der Waals surface area contributed by atoms with Gasteiger partial charge in [0.1, 0.15) is 0 Å². The Labute approximate surface area is 113 Å². The first-order valence-corrected chi connectivity index (χ1v) is 7.58. The molecule has 3 unspecified atom stereocenters. The van der Waals surface area contributed by atoms with Crippen molar-refractivity contribution in [1.29, 1.82) is 0 Å². The van der Waals surface area contributed by atoms with Gasteiger partial charge in [-0.1, -0.05) is 26.7 Å². The van der Waals surface area contributed by atoms with Gasteiger partial charge in [-0.15, -0.1) is 0 Å². The lowest BCUT2D eigenvalue weighted by atomic mass is 9.84. The molecule has 0 bridgehead atoms. The predicted molar refractivity (Wildman–Crippen MR) is 77.8 cm³/mol. The van der Waals surface area contributed by atoms with Gasteiger partial charge in [-0.3, -0.25) is 0 Å². The Morgan fingerprint density at radius 1 is 1.33 bits per heavy atom. The van der Waals surface area contributed by atoms with Gasteiger partial charge < -0.3 is 15.3 Å². The van der Waals surface area contributed by atoms with E-state index in [4.69, 9.17) is 0 Å². The van der Waals surface area contributed by atoms with E-state index >= 15 is 0 Å². The molecule has 1 rings (SSSR count). The molecule has 18 heavy (non-hydrogen) atoms. The van der Waals surface area contributed by atoms with Crippen molar-refractivity contribution < 1.29 is 5.11 Å². The fraction of sp³-hybridized carbons (Fsp3) is 1.00. The molecule has 0 heterocycles. The quantitative estimate of drug-likeness (QED) is 0.733. The van der Waals surface area contributed by atoms with Crippen molar-refractivity contribution in [2.45, 2.75) is 64.5 Å². The van der Waals surface area contributed by atoms with Crippen molar-refractivity contribution in [2.24, 2.45) is 5.92 Å². The van der Waals surface area contributed by atoms with E-state index in [0.29, 0.717) is 0 Å². The molecule has 1 aliphatic carbocycles. The van der Waals surface area contributed by atoms with Gasteiger partial charge in [0, 0.05) is 11.6 Å². The summed E-state index contributed by atoms with van der Waals surface area (Å²) >= 11 is 0. The predicted octanol–water partition coefficient (Wildman–Crippen LogP) is 2.25. The third-order valence-corrected chi connectivity index (χ3v) is 4.60. The summed E-state index contributed by atoms with van der Waals surface area (Å²) in [7, 11) is 2.25. The summed E-state index contributed by atoms with van der Waals surface area (Å²) in [5.41, 5.74) is -0.124. The smallest absolute Gasteiger partial charge is 0.0611 e. The molecular formula is C15H32N2O. The minimum Gasteiger partial charge on any atom is -0.394 e. The Balaban J connectivity index is 2.41. The van der Waals surface area contributed by atoms with E-state index in [2.05, 4.69) is 38.0 Å². The Hall–Kier alpha value is -0.120. The minimum atomic E-state index is -0.124. The number of nitrogens with one attached hydrogen (secondary N) is 1. The fourth-order valence-corrected chi connectivity index (χ4v) is 3.19. The highest BCUT2D eigenvalue weighted by Gasteiger charge is 2.27. The van der Waals surface area contributed by atoms with Gasteiger partial charge in [-0.25, -0.2) is 0 Å². The lowest BCUT2D eigenvalue weighted by Crippen LogP contribution is -2.49. The standard InChI is InChI=1S/C15H32N2O/c1-5-16-15(3,12-18)10-11-17(4)14-9-7-6-8-13(14)2/h13-14,16,18H,5-12H2,1-4H3. The first-order valence-electron chi connectivity index (χ1n) is 7.58. The topological polar surface area (TPSA) is 35.5 Å². The van der Waals surface area contributed by atoms with E-state index in [1.807, 2.05) is 0 Å². The highest BCUT2D eigenvalue weighted by Crippen LogP contribution is 2.27. The normalized spacial score (nSPS) is 28.3. The van der Waals surface area contributed by atoms with E-state index in [-0.39, 0.29) is 12.1 Å². The summed E-state index contributed by atoms with van der Waals surface area (Å²) in [6, 6.07) is 0.739. The van der Waals surface area contributed by atoms with Crippen molar-refractivity contribution in [3.05, 3.63) is 0 Å². The van der Waals surface area contributed by atoms with Gasteiger partial charge >= 0.3 is 0 Å². The largest absolute Gasteiger partial charge is 0.394 e. The summed E-state index contributed by atoms with van der Waals surface area (Å²) in [5.74, 6) is 0.822. The van der Waals surface area contributed by atoms with Gasteiger partial charge in [0.2, 0.25) is 0 Å². The number of hydrogen-bond donors (Lipinski definition) is 2. The van der Waals surface area contributed by atoms with Crippen LogP contribution >= 0.6 is 0 Å². The SMILES string of the molecule is CCNC(C)(CO)CCN(C)C1CCCCC1C. The molecule has 2 N–H and O–H groups in total. The minimum absolute atomic E-state index is 0.124. The number of likely N-dealkylation sites (N-methyl/N-ethyl adjacent to an activating group) is 1.